The molecule has 1 fully saturated rings. The third-order valence-electron chi connectivity index (χ3n) is 3.91. The SMILES string of the molecule is CC1CCN(CCn2cc(N)ccc2=O)C(C)C1. The van der Waals surface area contributed by atoms with Gasteiger partial charge >= 0.3 is 0 Å². The van der Waals surface area contributed by atoms with E-state index in [1.54, 1.807) is 16.8 Å². The highest BCUT2D eigenvalue weighted by Gasteiger charge is 2.22. The van der Waals surface area contributed by atoms with E-state index >= 15 is 0 Å². The molecule has 4 heteroatoms. The molecule has 2 heterocycles. The van der Waals surface area contributed by atoms with Crippen LogP contribution in [0.2, 0.25) is 0 Å². The van der Waals surface area contributed by atoms with Crippen LogP contribution < -0.4 is 11.3 Å². The number of likely N-dealkylation sites (tertiary alicyclic amines) is 1. The van der Waals surface area contributed by atoms with E-state index in [2.05, 4.69) is 18.7 Å². The van der Waals surface area contributed by atoms with E-state index in [9.17, 15) is 4.79 Å². The Hall–Kier alpha value is -1.29. The van der Waals surface area contributed by atoms with Gasteiger partial charge in [0.05, 0.1) is 0 Å². The second kappa shape index (κ2) is 5.57. The number of pyridine rings is 1. The van der Waals surface area contributed by atoms with Crippen LogP contribution in [0, 0.1) is 5.92 Å². The van der Waals surface area contributed by atoms with E-state index in [1.165, 1.54) is 18.9 Å². The Bertz CT molecular complexity index is 455. The molecule has 0 amide bonds. The fourth-order valence-corrected chi connectivity index (χ4v) is 2.75. The molecule has 0 bridgehead atoms. The molecule has 2 N–H and O–H groups in total. The number of rotatable bonds is 3. The topological polar surface area (TPSA) is 51.3 Å². The maximum Gasteiger partial charge on any atom is 0.250 e. The highest BCUT2D eigenvalue weighted by molar-refractivity contribution is 5.33. The van der Waals surface area contributed by atoms with Crippen LogP contribution in [0.3, 0.4) is 0 Å². The van der Waals surface area contributed by atoms with Crippen molar-refractivity contribution in [1.82, 2.24) is 9.47 Å². The molecule has 18 heavy (non-hydrogen) atoms. The number of nitrogens with zero attached hydrogens (tertiary/aromatic N) is 2. The van der Waals surface area contributed by atoms with E-state index in [1.807, 2.05) is 0 Å². The third kappa shape index (κ3) is 3.13. The molecule has 2 unspecified atom stereocenters. The largest absolute Gasteiger partial charge is 0.398 e. The summed E-state index contributed by atoms with van der Waals surface area (Å²) in [5.41, 5.74) is 6.39. The van der Waals surface area contributed by atoms with Gasteiger partial charge in [-0.05, 0) is 38.3 Å². The van der Waals surface area contributed by atoms with Gasteiger partial charge in [0.1, 0.15) is 0 Å². The van der Waals surface area contributed by atoms with Gasteiger partial charge in [-0.25, -0.2) is 0 Å². The molecule has 100 valence electrons. The predicted octanol–water partition coefficient (Wildman–Crippen LogP) is 1.55. The quantitative estimate of drug-likeness (QED) is 0.884. The summed E-state index contributed by atoms with van der Waals surface area (Å²) in [6.45, 7) is 7.38. The van der Waals surface area contributed by atoms with Gasteiger partial charge in [-0.2, -0.15) is 0 Å². The van der Waals surface area contributed by atoms with Crippen molar-refractivity contribution in [2.24, 2.45) is 5.92 Å². The summed E-state index contributed by atoms with van der Waals surface area (Å²) in [6, 6.07) is 3.81. The van der Waals surface area contributed by atoms with Crippen molar-refractivity contribution in [3.63, 3.8) is 0 Å². The summed E-state index contributed by atoms with van der Waals surface area (Å²) in [7, 11) is 0. The molecule has 4 nitrogen and oxygen atoms in total. The first-order valence-corrected chi connectivity index (χ1v) is 6.76. The van der Waals surface area contributed by atoms with Crippen LogP contribution in [-0.2, 0) is 6.54 Å². The molecule has 1 aliphatic heterocycles. The Morgan fingerprint density at radius 3 is 2.83 bits per heavy atom. The number of hydrogen-bond acceptors (Lipinski definition) is 3. The van der Waals surface area contributed by atoms with Gasteiger partial charge in [-0.15, -0.1) is 0 Å². The van der Waals surface area contributed by atoms with Crippen molar-refractivity contribution in [2.75, 3.05) is 18.8 Å². The Kier molecular flexibility index (Phi) is 4.07. The second-order valence-corrected chi connectivity index (χ2v) is 5.51. The molecular weight excluding hydrogens is 226 g/mol. The molecule has 0 aromatic carbocycles. The van der Waals surface area contributed by atoms with Crippen LogP contribution in [0.1, 0.15) is 26.7 Å². The van der Waals surface area contributed by atoms with Crippen molar-refractivity contribution >= 4 is 5.69 Å². The summed E-state index contributed by atoms with van der Waals surface area (Å²) in [4.78, 5) is 14.1. The minimum absolute atomic E-state index is 0.0298. The van der Waals surface area contributed by atoms with Crippen LogP contribution in [-0.4, -0.2) is 28.6 Å². The maximum absolute atomic E-state index is 11.7. The highest BCUT2D eigenvalue weighted by atomic mass is 16.1. The van der Waals surface area contributed by atoms with Gasteiger partial charge in [0.15, 0.2) is 0 Å². The molecular formula is C14H23N3O. The first-order chi connectivity index (χ1) is 8.56. The standard InChI is InChI=1S/C14H23N3O/c1-11-5-6-16(12(2)9-11)7-8-17-10-13(15)3-4-14(17)18/h3-4,10-12H,5-9,15H2,1-2H3. The number of nitrogens with two attached hydrogens (primary N) is 1. The van der Waals surface area contributed by atoms with Gasteiger partial charge in [0, 0.05) is 37.1 Å². The van der Waals surface area contributed by atoms with Gasteiger partial charge in [-0.3, -0.25) is 9.69 Å². The fourth-order valence-electron chi connectivity index (χ4n) is 2.75. The number of piperidine rings is 1. The zero-order valence-corrected chi connectivity index (χ0v) is 11.3. The molecule has 0 saturated carbocycles. The average molecular weight is 249 g/mol. The molecule has 1 aromatic heterocycles. The van der Waals surface area contributed by atoms with E-state index in [4.69, 9.17) is 5.73 Å². The van der Waals surface area contributed by atoms with Crippen LogP contribution in [0.15, 0.2) is 23.1 Å². The predicted molar refractivity (Wildman–Crippen MR) is 74.5 cm³/mol. The molecule has 2 atom stereocenters. The van der Waals surface area contributed by atoms with E-state index < -0.39 is 0 Å². The van der Waals surface area contributed by atoms with Gasteiger partial charge in [-0.1, -0.05) is 6.92 Å². The molecule has 0 aliphatic carbocycles. The van der Waals surface area contributed by atoms with Crippen molar-refractivity contribution in [3.8, 4) is 0 Å². The lowest BCUT2D eigenvalue weighted by Crippen LogP contribution is -2.42. The molecule has 1 saturated heterocycles. The van der Waals surface area contributed by atoms with Crippen molar-refractivity contribution in [1.29, 1.82) is 0 Å². The van der Waals surface area contributed by atoms with Gasteiger partial charge in [0.2, 0.25) is 0 Å². The number of nitrogen functional groups attached to an aromatic ring is 1. The van der Waals surface area contributed by atoms with Crippen molar-refractivity contribution < 1.29 is 0 Å². The first kappa shape index (κ1) is 13.1. The van der Waals surface area contributed by atoms with E-state index in [0.717, 1.165) is 25.6 Å². The number of aromatic nitrogens is 1. The minimum atomic E-state index is 0.0298. The summed E-state index contributed by atoms with van der Waals surface area (Å²) in [6.07, 6.45) is 4.25. The molecule has 0 radical (unpaired) electrons. The lowest BCUT2D eigenvalue weighted by molar-refractivity contribution is 0.125. The molecule has 0 spiro atoms. The smallest absolute Gasteiger partial charge is 0.250 e. The summed E-state index contributed by atoms with van der Waals surface area (Å²) in [5.74, 6) is 0.825. The summed E-state index contributed by atoms with van der Waals surface area (Å²) >= 11 is 0. The van der Waals surface area contributed by atoms with Crippen LogP contribution >= 0.6 is 0 Å². The van der Waals surface area contributed by atoms with E-state index in [-0.39, 0.29) is 5.56 Å². The normalized spacial score (nSPS) is 25.2. The zero-order valence-electron chi connectivity index (χ0n) is 11.3. The number of anilines is 1. The molecule has 1 aliphatic rings. The fraction of sp³-hybridized carbons (Fsp3) is 0.643. The Morgan fingerprint density at radius 1 is 1.33 bits per heavy atom. The lowest BCUT2D eigenvalue weighted by Gasteiger charge is -2.36. The maximum atomic E-state index is 11.7. The van der Waals surface area contributed by atoms with Crippen molar-refractivity contribution in [2.45, 2.75) is 39.3 Å². The van der Waals surface area contributed by atoms with Gasteiger partial charge < -0.3 is 10.3 Å². The third-order valence-corrected chi connectivity index (χ3v) is 3.91. The van der Waals surface area contributed by atoms with E-state index in [0.29, 0.717) is 11.7 Å². The molecule has 2 rings (SSSR count). The van der Waals surface area contributed by atoms with Crippen LogP contribution in [0.4, 0.5) is 5.69 Å². The van der Waals surface area contributed by atoms with Crippen LogP contribution in [0.5, 0.6) is 0 Å². The van der Waals surface area contributed by atoms with Crippen molar-refractivity contribution in [3.05, 3.63) is 28.7 Å². The monoisotopic (exact) mass is 249 g/mol. The summed E-state index contributed by atoms with van der Waals surface area (Å²) < 4.78 is 1.71. The van der Waals surface area contributed by atoms with Gasteiger partial charge in [0.25, 0.3) is 5.56 Å². The zero-order chi connectivity index (χ0) is 13.1. The number of hydrogen-bond donors (Lipinski definition) is 1. The highest BCUT2D eigenvalue weighted by Crippen LogP contribution is 2.21. The Morgan fingerprint density at radius 2 is 2.11 bits per heavy atom. The Labute approximate surface area is 108 Å². The molecule has 1 aromatic rings. The average Bonchev–Trinajstić information content (AvgIpc) is 2.32. The first-order valence-electron chi connectivity index (χ1n) is 6.76. The second-order valence-electron chi connectivity index (χ2n) is 5.51. The Balaban J connectivity index is 1.95. The lowest BCUT2D eigenvalue weighted by atomic mass is 9.93. The summed E-state index contributed by atoms with van der Waals surface area (Å²) in [5, 5.41) is 0. The minimum Gasteiger partial charge on any atom is -0.398 e. The van der Waals surface area contributed by atoms with Crippen LogP contribution in [0.25, 0.3) is 0 Å².